The number of nitrogens with one attached hydrogen (secondary N) is 1. The van der Waals surface area contributed by atoms with Crippen molar-refractivity contribution in [1.82, 2.24) is 5.32 Å². The highest BCUT2D eigenvalue weighted by molar-refractivity contribution is 5.76. The molecule has 17 unspecified atom stereocenters. The first-order valence-corrected chi connectivity index (χ1v) is 37.0. The SMILES string of the molecule is CC/C=C\C/C=C\C/C=C\C/C=C\C/C=C\C/C=C\C/C=C\C/C=C\CCCCCCCCCCCCCCC(=O)NC(COC1OC(CO)C(OC2OC(CO)C(OC3OC(CO)C(O)C(O)C3O)C(O)C2O)C(O)C1O)C(O)CCCCCCCCCCCCCCC. The zero-order chi connectivity index (χ0) is 68.9. The third-order valence-corrected chi connectivity index (χ3v) is 17.9. The summed E-state index contributed by atoms with van der Waals surface area (Å²) >= 11 is 0. The van der Waals surface area contributed by atoms with Gasteiger partial charge < -0.3 is 89.9 Å². The first-order valence-electron chi connectivity index (χ1n) is 37.0. The summed E-state index contributed by atoms with van der Waals surface area (Å²) in [5, 5.41) is 121. The molecule has 19 nitrogen and oxygen atoms in total. The van der Waals surface area contributed by atoms with E-state index in [2.05, 4.69) is 116 Å². The second kappa shape index (κ2) is 56.5. The highest BCUT2D eigenvalue weighted by Crippen LogP contribution is 2.33. The number of ether oxygens (including phenoxy) is 6. The van der Waals surface area contributed by atoms with Crippen LogP contribution in [0.1, 0.15) is 245 Å². The van der Waals surface area contributed by atoms with Crippen molar-refractivity contribution in [3.8, 4) is 0 Å². The molecule has 3 rings (SSSR count). The number of unbranched alkanes of at least 4 members (excludes halogenated alkanes) is 24. The van der Waals surface area contributed by atoms with Gasteiger partial charge in [0.05, 0.1) is 38.6 Å². The lowest BCUT2D eigenvalue weighted by Gasteiger charge is -2.48. The highest BCUT2D eigenvalue weighted by Gasteiger charge is 2.53. The Balaban J connectivity index is 1.33. The summed E-state index contributed by atoms with van der Waals surface area (Å²) < 4.78 is 34.4. The van der Waals surface area contributed by atoms with Gasteiger partial charge in [-0.3, -0.25) is 4.79 Å². The van der Waals surface area contributed by atoms with Crippen LogP contribution in [0.15, 0.2) is 97.2 Å². The molecular weight excluding hydrogens is 1210 g/mol. The lowest BCUT2D eigenvalue weighted by atomic mass is 9.96. The van der Waals surface area contributed by atoms with E-state index in [-0.39, 0.29) is 18.9 Å². The molecule has 3 heterocycles. The topological polar surface area (TPSA) is 307 Å². The van der Waals surface area contributed by atoms with E-state index in [4.69, 9.17) is 28.4 Å². The number of allylic oxidation sites excluding steroid dienone is 16. The molecule has 3 aliphatic heterocycles. The summed E-state index contributed by atoms with van der Waals surface area (Å²) in [6.45, 7) is 1.67. The first kappa shape index (κ1) is 85.9. The number of carbonyl (C=O) groups excluding carboxylic acids is 1. The molecule has 0 bridgehead atoms. The van der Waals surface area contributed by atoms with Gasteiger partial charge in [-0.15, -0.1) is 0 Å². The quantitative estimate of drug-likeness (QED) is 0.0199. The lowest BCUT2D eigenvalue weighted by molar-refractivity contribution is -0.379. The first-order chi connectivity index (χ1) is 46.3. The van der Waals surface area contributed by atoms with Gasteiger partial charge in [0.2, 0.25) is 5.91 Å². The van der Waals surface area contributed by atoms with Crippen molar-refractivity contribution < 1.29 is 89.4 Å². The van der Waals surface area contributed by atoms with Gasteiger partial charge in [0.15, 0.2) is 18.9 Å². The smallest absolute Gasteiger partial charge is 0.220 e. The Bertz CT molecular complexity index is 2100. The average Bonchev–Trinajstić information content (AvgIpc) is 0.791. The van der Waals surface area contributed by atoms with Crippen LogP contribution in [0, 0.1) is 0 Å². The summed E-state index contributed by atoms with van der Waals surface area (Å²) in [4.78, 5) is 13.4. The number of aliphatic hydroxyl groups is 11. The van der Waals surface area contributed by atoms with E-state index in [1.807, 2.05) is 0 Å². The summed E-state index contributed by atoms with van der Waals surface area (Å²) in [7, 11) is 0. The minimum absolute atomic E-state index is 0.248. The van der Waals surface area contributed by atoms with E-state index < -0.39 is 124 Å². The Kier molecular flexibility index (Phi) is 51.1. The Hall–Kier alpha value is -3.29. The Labute approximate surface area is 571 Å². The fraction of sp³-hybridized carbons (Fsp3) is 0.776. The van der Waals surface area contributed by atoms with Crippen molar-refractivity contribution in [3.05, 3.63) is 97.2 Å². The highest BCUT2D eigenvalue weighted by atomic mass is 16.8. The zero-order valence-corrected chi connectivity index (χ0v) is 58.1. The molecule has 3 saturated heterocycles. The normalized spacial score (nSPS) is 27.8. The molecule has 3 fully saturated rings. The predicted octanol–water partition coefficient (Wildman–Crippen LogP) is 10.8. The van der Waals surface area contributed by atoms with E-state index in [9.17, 15) is 61.0 Å². The summed E-state index contributed by atoms with van der Waals surface area (Å²) in [5.74, 6) is -0.248. The molecule has 548 valence electrons. The van der Waals surface area contributed by atoms with Crippen LogP contribution in [0.5, 0.6) is 0 Å². The maximum atomic E-state index is 13.4. The Morgan fingerprint density at radius 1 is 0.389 bits per heavy atom. The van der Waals surface area contributed by atoms with Crippen LogP contribution in [-0.2, 0) is 33.2 Å². The van der Waals surface area contributed by atoms with Crippen molar-refractivity contribution in [2.24, 2.45) is 0 Å². The van der Waals surface area contributed by atoms with Crippen molar-refractivity contribution in [3.63, 3.8) is 0 Å². The van der Waals surface area contributed by atoms with Crippen LogP contribution in [0.2, 0.25) is 0 Å². The number of hydrogen-bond donors (Lipinski definition) is 12. The molecule has 19 heteroatoms. The van der Waals surface area contributed by atoms with Gasteiger partial charge in [-0.25, -0.2) is 0 Å². The van der Waals surface area contributed by atoms with Crippen molar-refractivity contribution in [1.29, 1.82) is 0 Å². The second-order valence-corrected chi connectivity index (χ2v) is 26.0. The molecule has 0 aromatic carbocycles. The van der Waals surface area contributed by atoms with Gasteiger partial charge in [-0.2, -0.15) is 0 Å². The van der Waals surface area contributed by atoms with Crippen molar-refractivity contribution in [2.75, 3.05) is 26.4 Å². The molecule has 0 aromatic rings. The van der Waals surface area contributed by atoms with Gasteiger partial charge >= 0.3 is 0 Å². The monoisotopic (exact) mass is 1350 g/mol. The van der Waals surface area contributed by atoms with Crippen LogP contribution >= 0.6 is 0 Å². The van der Waals surface area contributed by atoms with Gasteiger partial charge in [-0.05, 0) is 77.0 Å². The van der Waals surface area contributed by atoms with E-state index in [1.54, 1.807) is 0 Å². The minimum atomic E-state index is -1.98. The molecule has 12 N–H and O–H groups in total. The fourth-order valence-electron chi connectivity index (χ4n) is 12.0. The molecule has 0 spiro atoms. The third-order valence-electron chi connectivity index (χ3n) is 17.9. The molecule has 0 saturated carbocycles. The number of aliphatic hydroxyl groups excluding tert-OH is 11. The Morgan fingerprint density at radius 2 is 0.726 bits per heavy atom. The maximum absolute atomic E-state index is 13.4. The summed E-state index contributed by atoms with van der Waals surface area (Å²) in [5.41, 5.74) is 0. The molecule has 3 aliphatic rings. The van der Waals surface area contributed by atoms with Gasteiger partial charge in [-0.1, -0.05) is 259 Å². The predicted molar refractivity (Wildman–Crippen MR) is 374 cm³/mol. The maximum Gasteiger partial charge on any atom is 0.220 e. The molecule has 95 heavy (non-hydrogen) atoms. The van der Waals surface area contributed by atoms with E-state index in [0.29, 0.717) is 12.8 Å². The molecule has 0 aliphatic carbocycles. The van der Waals surface area contributed by atoms with Crippen LogP contribution in [0.3, 0.4) is 0 Å². The van der Waals surface area contributed by atoms with E-state index in [0.717, 1.165) is 103 Å². The molecule has 1 amide bonds. The number of carbonyl (C=O) groups is 1. The Morgan fingerprint density at radius 3 is 1.14 bits per heavy atom. The molecular formula is C76H131NO18. The summed E-state index contributed by atoms with van der Waals surface area (Å²) in [6, 6.07) is -0.893. The minimum Gasteiger partial charge on any atom is -0.394 e. The van der Waals surface area contributed by atoms with Crippen LogP contribution in [-0.4, -0.2) is 193 Å². The number of rotatable bonds is 56. The van der Waals surface area contributed by atoms with Crippen LogP contribution in [0.4, 0.5) is 0 Å². The molecule has 17 atom stereocenters. The van der Waals surface area contributed by atoms with E-state index in [1.165, 1.54) is 109 Å². The number of hydrogen-bond acceptors (Lipinski definition) is 18. The van der Waals surface area contributed by atoms with Crippen molar-refractivity contribution in [2.45, 2.75) is 349 Å². The van der Waals surface area contributed by atoms with Gasteiger partial charge in [0, 0.05) is 6.42 Å². The largest absolute Gasteiger partial charge is 0.394 e. The van der Waals surface area contributed by atoms with Gasteiger partial charge in [0.25, 0.3) is 0 Å². The second-order valence-electron chi connectivity index (χ2n) is 26.0. The van der Waals surface area contributed by atoms with Crippen molar-refractivity contribution >= 4 is 5.91 Å². The average molecular weight is 1350 g/mol. The fourth-order valence-corrected chi connectivity index (χ4v) is 12.0. The third kappa shape index (κ3) is 37.6. The molecule has 0 radical (unpaired) electrons. The number of amides is 1. The van der Waals surface area contributed by atoms with Crippen LogP contribution < -0.4 is 5.32 Å². The van der Waals surface area contributed by atoms with E-state index >= 15 is 0 Å². The van der Waals surface area contributed by atoms with Gasteiger partial charge in [0.1, 0.15) is 73.2 Å². The lowest BCUT2D eigenvalue weighted by Crippen LogP contribution is -2.66. The summed E-state index contributed by atoms with van der Waals surface area (Å²) in [6.07, 6.45) is 47.8. The molecule has 0 aromatic heterocycles. The zero-order valence-electron chi connectivity index (χ0n) is 58.1. The van der Waals surface area contributed by atoms with Crippen LogP contribution in [0.25, 0.3) is 0 Å². The standard InChI is InChI=1S/C76H131NO18/c1-3-5-7-9-11-13-15-17-18-19-20-21-22-23-24-25-26-27-28-29-30-31-32-33-34-35-36-37-38-39-40-42-44-46-48-50-52-54-64(82)77-59(60(81)53-51-49-47-45-43-41-16-14-12-10-8-6-4-2)58-90-74-70(88)67(85)72(62(56-79)92-74)95-76-71(89)68(86)73(63(57-80)93-76)94-75-69(87)66(84)65(83)61(55-78)91-75/h5,7,11,13,17-18,20-21,23-24,26-27,29-30,32-33,59-63,65-76,78-81,83-89H,3-4,6,8-10,12,14-16,19,22,25,28,31,34-58H2,1-2H3,(H,77,82)/b7-5-,13-11-,18-17-,21-20-,24-23-,27-26-,30-29-,33-32-.